The summed E-state index contributed by atoms with van der Waals surface area (Å²) in [6.07, 6.45) is 1.75. The second kappa shape index (κ2) is 3.96. The molecule has 0 radical (unpaired) electrons. The zero-order valence-corrected chi connectivity index (χ0v) is 8.64. The van der Waals surface area contributed by atoms with Crippen molar-refractivity contribution in [3.05, 3.63) is 23.5 Å². The van der Waals surface area contributed by atoms with Gasteiger partial charge in [-0.05, 0) is 18.6 Å². The second-order valence-corrected chi connectivity index (χ2v) is 3.45. The number of aryl methyl sites for hydroxylation is 1. The van der Waals surface area contributed by atoms with Gasteiger partial charge in [0.05, 0.1) is 18.8 Å². The number of aliphatic hydroxyl groups excluding tert-OH is 1. The molecule has 0 aliphatic heterocycles. The van der Waals surface area contributed by atoms with Gasteiger partial charge in [0.2, 0.25) is 0 Å². The third-order valence-electron chi connectivity index (χ3n) is 2.38. The van der Waals surface area contributed by atoms with E-state index in [-0.39, 0.29) is 6.61 Å². The lowest BCUT2D eigenvalue weighted by atomic mass is 10.2. The minimum atomic E-state index is 0.0660. The van der Waals surface area contributed by atoms with E-state index >= 15 is 0 Å². The second-order valence-electron chi connectivity index (χ2n) is 3.45. The number of aliphatic hydroxyl groups is 1. The van der Waals surface area contributed by atoms with Crippen molar-refractivity contribution < 1.29 is 5.11 Å². The first-order valence-corrected chi connectivity index (χ1v) is 4.89. The van der Waals surface area contributed by atoms with Crippen LogP contribution in [0.4, 0.5) is 0 Å². The highest BCUT2D eigenvalue weighted by Crippen LogP contribution is 2.16. The average Bonchev–Trinajstić information content (AvgIpc) is 2.56. The molecule has 0 spiro atoms. The van der Waals surface area contributed by atoms with Crippen molar-refractivity contribution in [2.45, 2.75) is 20.0 Å². The van der Waals surface area contributed by atoms with Crippen LogP contribution in [0.25, 0.3) is 11.0 Å². The molecule has 5 heteroatoms. The van der Waals surface area contributed by atoms with Crippen LogP contribution in [-0.2, 0) is 13.1 Å². The van der Waals surface area contributed by atoms with Gasteiger partial charge in [0.15, 0.2) is 5.65 Å². The maximum atomic E-state index is 8.88. The Labute approximate surface area is 87.5 Å². The van der Waals surface area contributed by atoms with Crippen molar-refractivity contribution in [2.24, 2.45) is 5.73 Å². The molecule has 0 amide bonds. The number of aromatic nitrogens is 3. The van der Waals surface area contributed by atoms with Crippen molar-refractivity contribution >= 4 is 11.0 Å². The lowest BCUT2D eigenvalue weighted by molar-refractivity contribution is 0.271. The molecular weight excluding hydrogens is 192 g/mol. The predicted molar refractivity (Wildman–Crippen MR) is 57.2 cm³/mol. The summed E-state index contributed by atoms with van der Waals surface area (Å²) in [5.74, 6) is 0. The number of rotatable bonds is 3. The van der Waals surface area contributed by atoms with Gasteiger partial charge in [-0.15, -0.1) is 0 Å². The molecule has 0 saturated heterocycles. The van der Waals surface area contributed by atoms with E-state index in [0.29, 0.717) is 13.1 Å². The number of nitrogens with zero attached hydrogens (tertiary/aromatic N) is 3. The molecule has 0 saturated carbocycles. The Bertz CT molecular complexity index is 477. The Kier molecular flexibility index (Phi) is 2.66. The molecule has 0 fully saturated rings. The highest BCUT2D eigenvalue weighted by Gasteiger charge is 2.08. The van der Waals surface area contributed by atoms with Crippen LogP contribution in [0.1, 0.15) is 11.3 Å². The summed E-state index contributed by atoms with van der Waals surface area (Å²) in [6, 6.07) is 2.00. The van der Waals surface area contributed by atoms with Crippen LogP contribution < -0.4 is 5.73 Å². The quantitative estimate of drug-likeness (QED) is 0.751. The van der Waals surface area contributed by atoms with Gasteiger partial charge >= 0.3 is 0 Å². The molecule has 15 heavy (non-hydrogen) atoms. The molecule has 0 aliphatic carbocycles. The van der Waals surface area contributed by atoms with Gasteiger partial charge < -0.3 is 10.8 Å². The summed E-state index contributed by atoms with van der Waals surface area (Å²) in [5.41, 5.74) is 8.27. The summed E-state index contributed by atoms with van der Waals surface area (Å²) in [4.78, 5) is 4.30. The minimum absolute atomic E-state index is 0.0660. The fraction of sp³-hybridized carbons (Fsp3) is 0.400. The molecule has 2 heterocycles. The van der Waals surface area contributed by atoms with E-state index in [1.54, 1.807) is 10.9 Å². The van der Waals surface area contributed by atoms with Crippen LogP contribution in [-0.4, -0.2) is 26.5 Å². The number of fused-ring (bicyclic) bond motifs is 1. The summed E-state index contributed by atoms with van der Waals surface area (Å²) in [7, 11) is 0. The van der Waals surface area contributed by atoms with Crippen molar-refractivity contribution in [3.63, 3.8) is 0 Å². The molecule has 0 atom stereocenters. The number of pyridine rings is 1. The fourth-order valence-corrected chi connectivity index (χ4v) is 1.62. The van der Waals surface area contributed by atoms with Gasteiger partial charge in [-0.3, -0.25) is 0 Å². The van der Waals surface area contributed by atoms with Crippen LogP contribution in [0.15, 0.2) is 12.3 Å². The molecule has 80 valence electrons. The van der Waals surface area contributed by atoms with Crippen LogP contribution in [0.3, 0.4) is 0 Å². The van der Waals surface area contributed by atoms with E-state index in [1.807, 2.05) is 13.0 Å². The van der Waals surface area contributed by atoms with Crippen molar-refractivity contribution in [1.82, 2.24) is 14.8 Å². The van der Waals surface area contributed by atoms with Crippen LogP contribution >= 0.6 is 0 Å². The van der Waals surface area contributed by atoms with Gasteiger partial charge in [-0.1, -0.05) is 0 Å². The van der Waals surface area contributed by atoms with Crippen LogP contribution in [0.2, 0.25) is 0 Å². The number of nitrogens with two attached hydrogens (primary N) is 1. The molecule has 2 rings (SSSR count). The standard InChI is InChI=1S/C10H14N4O/c1-7-9-4-8(5-11)6-12-10(9)14(13-7)2-3-15/h4,6,15H,2-3,5,11H2,1H3. The Hall–Kier alpha value is -1.46. The molecule has 0 aliphatic rings. The van der Waals surface area contributed by atoms with Gasteiger partial charge in [0, 0.05) is 18.1 Å². The van der Waals surface area contributed by atoms with Gasteiger partial charge in [0.25, 0.3) is 0 Å². The maximum absolute atomic E-state index is 8.88. The first-order chi connectivity index (χ1) is 7.26. The maximum Gasteiger partial charge on any atom is 0.158 e. The Morgan fingerprint density at radius 2 is 2.33 bits per heavy atom. The van der Waals surface area contributed by atoms with E-state index < -0.39 is 0 Å². The molecular formula is C10H14N4O. The fourth-order valence-electron chi connectivity index (χ4n) is 1.62. The number of hydrogen-bond donors (Lipinski definition) is 2. The zero-order chi connectivity index (χ0) is 10.8. The SMILES string of the molecule is Cc1nn(CCO)c2ncc(CN)cc12. The Morgan fingerprint density at radius 1 is 1.53 bits per heavy atom. The summed E-state index contributed by atoms with van der Waals surface area (Å²) >= 11 is 0. The Balaban J connectivity index is 2.59. The topological polar surface area (TPSA) is 77.0 Å². The third-order valence-corrected chi connectivity index (χ3v) is 2.38. The summed E-state index contributed by atoms with van der Waals surface area (Å²) in [5, 5.41) is 14.2. The predicted octanol–water partition coefficient (Wildman–Crippen LogP) is 0.191. The van der Waals surface area contributed by atoms with E-state index in [1.165, 1.54) is 0 Å². The minimum Gasteiger partial charge on any atom is -0.394 e. The van der Waals surface area contributed by atoms with Crippen molar-refractivity contribution in [1.29, 1.82) is 0 Å². The molecule has 2 aromatic rings. The van der Waals surface area contributed by atoms with Crippen LogP contribution in [0, 0.1) is 6.92 Å². The summed E-state index contributed by atoms with van der Waals surface area (Å²) in [6.45, 7) is 2.95. The lowest BCUT2D eigenvalue weighted by Crippen LogP contribution is -2.05. The molecule has 2 aromatic heterocycles. The monoisotopic (exact) mass is 206 g/mol. The third kappa shape index (κ3) is 1.71. The van der Waals surface area contributed by atoms with E-state index in [2.05, 4.69) is 10.1 Å². The highest BCUT2D eigenvalue weighted by molar-refractivity contribution is 5.78. The first-order valence-electron chi connectivity index (χ1n) is 4.89. The normalized spacial score (nSPS) is 11.1. The molecule has 0 unspecified atom stereocenters. The molecule has 0 bridgehead atoms. The Morgan fingerprint density at radius 3 is 3.00 bits per heavy atom. The summed E-state index contributed by atoms with van der Waals surface area (Å²) < 4.78 is 1.71. The largest absolute Gasteiger partial charge is 0.394 e. The van der Waals surface area contributed by atoms with E-state index in [9.17, 15) is 0 Å². The van der Waals surface area contributed by atoms with Gasteiger partial charge in [-0.2, -0.15) is 5.10 Å². The molecule has 3 N–H and O–H groups in total. The number of hydrogen-bond acceptors (Lipinski definition) is 4. The molecule has 0 aromatic carbocycles. The van der Waals surface area contributed by atoms with Gasteiger partial charge in [-0.25, -0.2) is 9.67 Å². The van der Waals surface area contributed by atoms with Crippen LogP contribution in [0.5, 0.6) is 0 Å². The first kappa shape index (κ1) is 10.1. The van der Waals surface area contributed by atoms with Crippen molar-refractivity contribution in [3.8, 4) is 0 Å². The average molecular weight is 206 g/mol. The van der Waals surface area contributed by atoms with Gasteiger partial charge in [0.1, 0.15) is 0 Å². The highest BCUT2D eigenvalue weighted by atomic mass is 16.3. The van der Waals surface area contributed by atoms with Crippen molar-refractivity contribution in [2.75, 3.05) is 6.61 Å². The van der Waals surface area contributed by atoms with E-state index in [4.69, 9.17) is 10.8 Å². The van der Waals surface area contributed by atoms with E-state index in [0.717, 1.165) is 22.3 Å². The lowest BCUT2D eigenvalue weighted by Gasteiger charge is -2.00. The molecule has 5 nitrogen and oxygen atoms in total. The smallest absolute Gasteiger partial charge is 0.158 e. The zero-order valence-electron chi connectivity index (χ0n) is 8.64.